The van der Waals surface area contributed by atoms with Crippen molar-refractivity contribution >= 4 is 0 Å². The zero-order valence-corrected chi connectivity index (χ0v) is 13.8. The van der Waals surface area contributed by atoms with Crippen LogP contribution in [0.25, 0.3) is 0 Å². The molecule has 0 heterocycles. The Morgan fingerprint density at radius 2 is 1.53 bits per heavy atom. The molecule has 0 aromatic heterocycles. The van der Waals surface area contributed by atoms with Crippen LogP contribution in [-0.4, -0.2) is 0 Å². The quantitative estimate of drug-likeness (QED) is 0.547. The van der Waals surface area contributed by atoms with Gasteiger partial charge in [0, 0.05) is 17.1 Å². The summed E-state index contributed by atoms with van der Waals surface area (Å²) >= 11 is 0. The van der Waals surface area contributed by atoms with Crippen LogP contribution in [0.4, 0.5) is 0 Å². The molecular formula is C18H26Fe-6. The second kappa shape index (κ2) is 10.1. The normalized spacial score (nSPS) is 9.47. The fourth-order valence-corrected chi connectivity index (χ4v) is 1.98. The molecule has 0 atom stereocenters. The van der Waals surface area contributed by atoms with E-state index in [2.05, 4.69) is 64.1 Å². The average Bonchev–Trinajstić information content (AvgIpc) is 3.07. The van der Waals surface area contributed by atoms with Crippen molar-refractivity contribution in [3.8, 4) is 0 Å². The zero-order chi connectivity index (χ0) is 13.4. The molecule has 0 N–H and O–H groups in total. The molecule has 0 spiro atoms. The van der Waals surface area contributed by atoms with Crippen LogP contribution < -0.4 is 0 Å². The molecule has 0 bridgehead atoms. The molecule has 0 saturated heterocycles. The molecule has 0 fully saturated rings. The topological polar surface area (TPSA) is 0 Å². The van der Waals surface area contributed by atoms with E-state index in [1.54, 1.807) is 0 Å². The van der Waals surface area contributed by atoms with Gasteiger partial charge in [-0.3, -0.25) is 0 Å². The SMILES string of the molecule is CC[c-]1[cH-][cH-][c-](CC)[cH-]1.CCc1cc[c-](CC)c1.[Fe]. The van der Waals surface area contributed by atoms with Crippen molar-refractivity contribution < 1.29 is 17.1 Å². The molecule has 0 radical (unpaired) electrons. The maximum atomic E-state index is 2.28. The first-order valence-corrected chi connectivity index (χ1v) is 7.22. The summed E-state index contributed by atoms with van der Waals surface area (Å²) in [5.74, 6) is 0. The van der Waals surface area contributed by atoms with E-state index < -0.39 is 0 Å². The van der Waals surface area contributed by atoms with E-state index in [1.807, 2.05) is 0 Å². The van der Waals surface area contributed by atoms with Crippen LogP contribution in [0.3, 0.4) is 0 Å². The van der Waals surface area contributed by atoms with Gasteiger partial charge in [-0.15, -0.1) is 0 Å². The molecule has 0 saturated carbocycles. The van der Waals surface area contributed by atoms with E-state index >= 15 is 0 Å². The van der Waals surface area contributed by atoms with Crippen LogP contribution in [0, 0.1) is 0 Å². The monoisotopic (exact) mass is 298 g/mol. The largest absolute Gasteiger partial charge is 0.745 e. The standard InChI is InChI=1S/2C9H13.Fe/c2*1-3-8-5-6-9(4-2)7-8;/h2*5-7H,3-4H2,1-2H3;/q-5;-1;. The van der Waals surface area contributed by atoms with Gasteiger partial charge in [0.1, 0.15) is 0 Å². The van der Waals surface area contributed by atoms with Crippen LogP contribution in [-0.2, 0) is 42.8 Å². The maximum absolute atomic E-state index is 2.28. The molecule has 0 unspecified atom stereocenters. The third-order valence-electron chi connectivity index (χ3n) is 3.40. The number of rotatable bonds is 4. The number of hydrogen-bond donors (Lipinski definition) is 0. The third kappa shape index (κ3) is 6.27. The van der Waals surface area contributed by atoms with Crippen molar-refractivity contribution in [1.29, 1.82) is 0 Å². The van der Waals surface area contributed by atoms with Crippen molar-refractivity contribution in [3.63, 3.8) is 0 Å². The van der Waals surface area contributed by atoms with Gasteiger partial charge in [0.25, 0.3) is 0 Å². The summed E-state index contributed by atoms with van der Waals surface area (Å²) < 4.78 is 0. The Bertz CT molecular complexity index is 355. The first kappa shape index (κ1) is 18.2. The Hall–Kier alpha value is -0.781. The van der Waals surface area contributed by atoms with E-state index in [0.29, 0.717) is 0 Å². The molecule has 0 aliphatic heterocycles. The van der Waals surface area contributed by atoms with Crippen LogP contribution in [0.15, 0.2) is 36.4 Å². The van der Waals surface area contributed by atoms with Crippen molar-refractivity contribution in [2.45, 2.75) is 53.4 Å². The summed E-state index contributed by atoms with van der Waals surface area (Å²) in [4.78, 5) is 0. The molecule has 1 heteroatoms. The molecule has 0 nitrogen and oxygen atoms in total. The number of hydrogen-bond acceptors (Lipinski definition) is 0. The molecule has 2 aromatic carbocycles. The Kier molecular flexibility index (Phi) is 9.65. The Morgan fingerprint density at radius 1 is 0.947 bits per heavy atom. The minimum atomic E-state index is 0. The van der Waals surface area contributed by atoms with Gasteiger partial charge < -0.3 is 29.3 Å². The molecule has 2 rings (SSSR count). The van der Waals surface area contributed by atoms with E-state index in [0.717, 1.165) is 0 Å². The van der Waals surface area contributed by atoms with Crippen LogP contribution >= 0.6 is 0 Å². The fraction of sp³-hybridized carbons (Fsp3) is 0.444. The second-order valence-electron chi connectivity index (χ2n) is 4.67. The van der Waals surface area contributed by atoms with Gasteiger partial charge in [0.15, 0.2) is 0 Å². The van der Waals surface area contributed by atoms with Crippen molar-refractivity contribution in [2.24, 2.45) is 0 Å². The summed E-state index contributed by atoms with van der Waals surface area (Å²) in [5.41, 5.74) is 5.86. The van der Waals surface area contributed by atoms with E-state index in [4.69, 9.17) is 0 Å². The van der Waals surface area contributed by atoms with E-state index in [1.165, 1.54) is 47.9 Å². The molecule has 19 heavy (non-hydrogen) atoms. The van der Waals surface area contributed by atoms with Crippen molar-refractivity contribution in [3.05, 3.63) is 58.7 Å². The van der Waals surface area contributed by atoms with Gasteiger partial charge in [-0.25, -0.2) is 18.9 Å². The van der Waals surface area contributed by atoms with Gasteiger partial charge in [-0.05, 0) is 0 Å². The summed E-state index contributed by atoms with van der Waals surface area (Å²) in [6.45, 7) is 8.76. The van der Waals surface area contributed by atoms with E-state index in [-0.39, 0.29) is 17.1 Å². The minimum absolute atomic E-state index is 0. The predicted molar refractivity (Wildman–Crippen MR) is 81.6 cm³/mol. The zero-order valence-electron chi connectivity index (χ0n) is 12.6. The molecular weight excluding hydrogens is 272 g/mol. The van der Waals surface area contributed by atoms with E-state index in [9.17, 15) is 0 Å². The smallest absolute Gasteiger partial charge is 0 e. The first-order chi connectivity index (χ1) is 8.73. The van der Waals surface area contributed by atoms with Crippen LogP contribution in [0.1, 0.15) is 49.9 Å². The Labute approximate surface area is 129 Å². The molecule has 2 aromatic rings. The predicted octanol–water partition coefficient (Wildman–Crippen LogP) is 5.06. The van der Waals surface area contributed by atoms with Gasteiger partial charge >= 0.3 is 0 Å². The molecule has 112 valence electrons. The van der Waals surface area contributed by atoms with Gasteiger partial charge in [-0.2, -0.15) is 23.3 Å². The summed E-state index contributed by atoms with van der Waals surface area (Å²) in [5, 5.41) is 0. The summed E-state index contributed by atoms with van der Waals surface area (Å²) in [6.07, 6.45) is 4.67. The first-order valence-electron chi connectivity index (χ1n) is 7.22. The van der Waals surface area contributed by atoms with Gasteiger partial charge in [0.05, 0.1) is 0 Å². The van der Waals surface area contributed by atoms with Crippen LogP contribution in [0.2, 0.25) is 0 Å². The molecule has 0 amide bonds. The summed E-state index contributed by atoms with van der Waals surface area (Å²) in [6, 6.07) is 13.4. The number of aryl methyl sites for hydroxylation is 4. The third-order valence-corrected chi connectivity index (χ3v) is 3.40. The Balaban J connectivity index is 0.000000324. The second-order valence-corrected chi connectivity index (χ2v) is 4.67. The summed E-state index contributed by atoms with van der Waals surface area (Å²) in [7, 11) is 0. The maximum Gasteiger partial charge on any atom is 0 e. The average molecular weight is 298 g/mol. The molecule has 0 aliphatic carbocycles. The van der Waals surface area contributed by atoms with Gasteiger partial charge in [-0.1, -0.05) is 40.5 Å². The van der Waals surface area contributed by atoms with Crippen LogP contribution in [0.5, 0.6) is 0 Å². The Morgan fingerprint density at radius 3 is 1.79 bits per heavy atom. The van der Waals surface area contributed by atoms with Crippen molar-refractivity contribution in [2.75, 3.05) is 0 Å². The fourth-order valence-electron chi connectivity index (χ4n) is 1.98. The molecule has 0 aliphatic rings. The van der Waals surface area contributed by atoms with Crippen molar-refractivity contribution in [1.82, 2.24) is 0 Å². The minimum Gasteiger partial charge on any atom is -0.745 e. The van der Waals surface area contributed by atoms with Gasteiger partial charge in [0.2, 0.25) is 0 Å².